The lowest BCUT2D eigenvalue weighted by Crippen LogP contribution is -2.52. The number of piperazine rings is 1. The van der Waals surface area contributed by atoms with E-state index in [-0.39, 0.29) is 6.61 Å². The maximum Gasteiger partial charge on any atom is 0.411 e. The Morgan fingerprint density at radius 1 is 1.36 bits per heavy atom. The highest BCUT2D eigenvalue weighted by atomic mass is 19.4. The molecule has 1 aliphatic heterocycles. The SMILES string of the molecule is C[C@@H]1CN(CCOCC(F)(F)F)CCN1Cc1nccn1C. The molecule has 0 amide bonds. The summed E-state index contributed by atoms with van der Waals surface area (Å²) < 4.78 is 42.7. The van der Waals surface area contributed by atoms with Gasteiger partial charge in [0.1, 0.15) is 12.4 Å². The van der Waals surface area contributed by atoms with Crippen molar-refractivity contribution < 1.29 is 17.9 Å². The predicted octanol–water partition coefficient (Wildman–Crippen LogP) is 1.51. The average Bonchev–Trinajstić information content (AvgIpc) is 2.82. The van der Waals surface area contributed by atoms with Crippen molar-refractivity contribution in [2.24, 2.45) is 7.05 Å². The minimum absolute atomic E-state index is 0.117. The average molecular weight is 320 g/mol. The van der Waals surface area contributed by atoms with Gasteiger partial charge in [0.15, 0.2) is 0 Å². The van der Waals surface area contributed by atoms with Gasteiger partial charge in [0.25, 0.3) is 0 Å². The Bertz CT molecular complexity index is 463. The third kappa shape index (κ3) is 5.26. The largest absolute Gasteiger partial charge is 0.411 e. The van der Waals surface area contributed by atoms with E-state index in [0.29, 0.717) is 12.6 Å². The molecule has 0 radical (unpaired) electrons. The summed E-state index contributed by atoms with van der Waals surface area (Å²) >= 11 is 0. The molecule has 0 N–H and O–H groups in total. The number of aryl methyl sites for hydroxylation is 1. The van der Waals surface area contributed by atoms with Gasteiger partial charge in [-0.1, -0.05) is 0 Å². The van der Waals surface area contributed by atoms with Crippen molar-refractivity contribution in [3.63, 3.8) is 0 Å². The van der Waals surface area contributed by atoms with Crippen molar-refractivity contribution in [2.45, 2.75) is 25.7 Å². The molecule has 126 valence electrons. The Morgan fingerprint density at radius 3 is 2.73 bits per heavy atom. The molecule has 0 spiro atoms. The molecule has 1 fully saturated rings. The number of rotatable bonds is 6. The summed E-state index contributed by atoms with van der Waals surface area (Å²) in [4.78, 5) is 8.82. The van der Waals surface area contributed by atoms with Gasteiger partial charge in [-0.25, -0.2) is 4.98 Å². The molecule has 2 heterocycles. The monoisotopic (exact) mass is 320 g/mol. The van der Waals surface area contributed by atoms with Crippen LogP contribution in [0.5, 0.6) is 0 Å². The maximum absolute atomic E-state index is 12.0. The Labute approximate surface area is 128 Å². The second-order valence-electron chi connectivity index (χ2n) is 5.74. The zero-order valence-electron chi connectivity index (χ0n) is 13.0. The van der Waals surface area contributed by atoms with E-state index in [4.69, 9.17) is 0 Å². The fourth-order valence-corrected chi connectivity index (χ4v) is 2.62. The zero-order chi connectivity index (χ0) is 16.2. The summed E-state index contributed by atoms with van der Waals surface area (Å²) in [5.41, 5.74) is 0. The molecule has 0 unspecified atom stereocenters. The topological polar surface area (TPSA) is 33.5 Å². The number of aromatic nitrogens is 2. The second-order valence-corrected chi connectivity index (χ2v) is 5.74. The van der Waals surface area contributed by atoms with E-state index in [1.54, 1.807) is 6.20 Å². The summed E-state index contributed by atoms with van der Waals surface area (Å²) in [6, 6.07) is 0.341. The van der Waals surface area contributed by atoms with Gasteiger partial charge in [-0.15, -0.1) is 0 Å². The van der Waals surface area contributed by atoms with Gasteiger partial charge < -0.3 is 9.30 Å². The molecule has 5 nitrogen and oxygen atoms in total. The molecule has 8 heteroatoms. The first-order valence-corrected chi connectivity index (χ1v) is 7.42. The lowest BCUT2D eigenvalue weighted by Gasteiger charge is -2.39. The van der Waals surface area contributed by atoms with Gasteiger partial charge in [0.05, 0.1) is 13.2 Å². The molecule has 1 aromatic rings. The van der Waals surface area contributed by atoms with E-state index in [1.807, 2.05) is 17.8 Å². The van der Waals surface area contributed by atoms with Crippen LogP contribution in [0.3, 0.4) is 0 Å². The zero-order valence-corrected chi connectivity index (χ0v) is 13.0. The number of imidazole rings is 1. The van der Waals surface area contributed by atoms with Crippen LogP contribution in [0.4, 0.5) is 13.2 Å². The van der Waals surface area contributed by atoms with Crippen molar-refractivity contribution in [1.29, 1.82) is 0 Å². The minimum atomic E-state index is -4.24. The van der Waals surface area contributed by atoms with Crippen molar-refractivity contribution >= 4 is 0 Å². The van der Waals surface area contributed by atoms with Crippen molar-refractivity contribution in [3.8, 4) is 0 Å². The van der Waals surface area contributed by atoms with Crippen LogP contribution in [0.25, 0.3) is 0 Å². The van der Waals surface area contributed by atoms with Crippen LogP contribution in [0, 0.1) is 0 Å². The summed E-state index contributed by atoms with van der Waals surface area (Å²) in [6.45, 7) is 4.97. The first-order valence-electron chi connectivity index (χ1n) is 7.42. The summed E-state index contributed by atoms with van der Waals surface area (Å²) in [5.74, 6) is 1.02. The van der Waals surface area contributed by atoms with Crippen LogP contribution in [0.2, 0.25) is 0 Å². The lowest BCUT2D eigenvalue weighted by atomic mass is 10.2. The van der Waals surface area contributed by atoms with Crippen molar-refractivity contribution in [3.05, 3.63) is 18.2 Å². The van der Waals surface area contributed by atoms with Gasteiger partial charge in [-0.2, -0.15) is 13.2 Å². The smallest absolute Gasteiger partial charge is 0.371 e. The number of hydrogen-bond donors (Lipinski definition) is 0. The Balaban J connectivity index is 1.70. The van der Waals surface area contributed by atoms with E-state index in [1.165, 1.54) is 0 Å². The normalized spacial score (nSPS) is 21.4. The number of halogens is 3. The number of nitrogens with zero attached hydrogens (tertiary/aromatic N) is 4. The van der Waals surface area contributed by atoms with Crippen LogP contribution >= 0.6 is 0 Å². The first kappa shape index (κ1) is 17.2. The Morgan fingerprint density at radius 2 is 2.14 bits per heavy atom. The fourth-order valence-electron chi connectivity index (χ4n) is 2.62. The number of alkyl halides is 3. The van der Waals surface area contributed by atoms with Crippen LogP contribution in [-0.2, 0) is 18.3 Å². The highest BCUT2D eigenvalue weighted by Gasteiger charge is 2.28. The molecule has 22 heavy (non-hydrogen) atoms. The quantitative estimate of drug-likeness (QED) is 0.744. The van der Waals surface area contributed by atoms with Gasteiger partial charge in [-0.05, 0) is 6.92 Å². The van der Waals surface area contributed by atoms with Crippen LogP contribution in [-0.4, -0.2) is 71.0 Å². The molecule has 1 aromatic heterocycles. The van der Waals surface area contributed by atoms with Crippen LogP contribution in [0.15, 0.2) is 12.4 Å². The summed E-state index contributed by atoms with van der Waals surface area (Å²) in [5, 5.41) is 0. The number of ether oxygens (including phenoxy) is 1. The van der Waals surface area contributed by atoms with E-state index < -0.39 is 12.8 Å². The number of hydrogen-bond acceptors (Lipinski definition) is 4. The molecular weight excluding hydrogens is 297 g/mol. The van der Waals surface area contributed by atoms with Gasteiger partial charge in [0.2, 0.25) is 0 Å². The molecule has 0 bridgehead atoms. The molecule has 2 rings (SSSR count). The highest BCUT2D eigenvalue weighted by molar-refractivity contribution is 4.93. The molecule has 1 atom stereocenters. The third-order valence-corrected chi connectivity index (χ3v) is 3.93. The Kier molecular flexibility index (Phi) is 5.82. The van der Waals surface area contributed by atoms with Crippen molar-refractivity contribution in [1.82, 2.24) is 19.4 Å². The highest BCUT2D eigenvalue weighted by Crippen LogP contribution is 2.15. The first-order chi connectivity index (χ1) is 10.3. The van der Waals surface area contributed by atoms with Gasteiger partial charge in [0, 0.05) is 51.7 Å². The molecule has 0 saturated carbocycles. The van der Waals surface area contributed by atoms with E-state index >= 15 is 0 Å². The minimum Gasteiger partial charge on any atom is -0.371 e. The molecule has 0 aromatic carbocycles. The van der Waals surface area contributed by atoms with E-state index in [2.05, 4.69) is 26.4 Å². The van der Waals surface area contributed by atoms with Crippen LogP contribution < -0.4 is 0 Å². The second kappa shape index (κ2) is 7.43. The summed E-state index contributed by atoms with van der Waals surface area (Å²) in [7, 11) is 1.97. The molecule has 0 aliphatic carbocycles. The standard InChI is InChI=1S/C14H23F3N4O/c1-12-9-20(7-8-22-11-14(15,16)17)5-6-21(12)10-13-18-3-4-19(13)2/h3-4,12H,5-11H2,1-2H3/t12-/m1/s1. The van der Waals surface area contributed by atoms with Crippen LogP contribution in [0.1, 0.15) is 12.7 Å². The van der Waals surface area contributed by atoms with Gasteiger partial charge >= 0.3 is 6.18 Å². The third-order valence-electron chi connectivity index (χ3n) is 3.93. The Hall–Kier alpha value is -1.12. The summed E-state index contributed by atoms with van der Waals surface area (Å²) in [6.07, 6.45) is -0.531. The maximum atomic E-state index is 12.0. The molecule has 1 saturated heterocycles. The molecule has 1 aliphatic rings. The predicted molar refractivity (Wildman–Crippen MR) is 76.4 cm³/mol. The fraction of sp³-hybridized carbons (Fsp3) is 0.786. The van der Waals surface area contributed by atoms with Gasteiger partial charge in [-0.3, -0.25) is 9.80 Å². The lowest BCUT2D eigenvalue weighted by molar-refractivity contribution is -0.174. The van der Waals surface area contributed by atoms with Crippen molar-refractivity contribution in [2.75, 3.05) is 39.4 Å². The van der Waals surface area contributed by atoms with E-state index in [9.17, 15) is 13.2 Å². The van der Waals surface area contributed by atoms with E-state index in [0.717, 1.165) is 32.0 Å². The molecular formula is C14H23F3N4O.